The van der Waals surface area contributed by atoms with Gasteiger partial charge in [-0.15, -0.1) is 0 Å². The van der Waals surface area contributed by atoms with E-state index in [9.17, 15) is 0 Å². The number of hydrogen-bond acceptors (Lipinski definition) is 3. The Morgan fingerprint density at radius 2 is 1.04 bits per heavy atom. The third-order valence-electron chi connectivity index (χ3n) is 10.7. The molecule has 270 valence electrons. The minimum atomic E-state index is 0.539. The second-order valence-corrected chi connectivity index (χ2v) is 14.2. The standard InChI is InChI=1S/C53H36N2O2/c1-34(36-17-6-3-7-18-36)54-53(55-35(2)41-25-16-26-45-43-24-13-15-28-49(43)57-52(41)45)47-32-40(37-19-8-4-9-20-37)31-46(51(47)38-21-10-5-11-22-38)39-29-30-44-42-23-12-14-27-48(42)56-50(44)33-39/h3-33H,2H2,1H3/b54-34+,55-53-. The van der Waals surface area contributed by atoms with Crippen molar-refractivity contribution in [1.29, 1.82) is 0 Å². The molecule has 0 aliphatic carbocycles. The minimum absolute atomic E-state index is 0.539. The zero-order valence-corrected chi connectivity index (χ0v) is 31.3. The molecule has 4 nitrogen and oxygen atoms in total. The van der Waals surface area contributed by atoms with Crippen LogP contribution in [-0.2, 0) is 0 Å². The molecular formula is C53H36N2O2. The van der Waals surface area contributed by atoms with Crippen molar-refractivity contribution in [2.45, 2.75) is 6.92 Å². The average Bonchev–Trinajstić information content (AvgIpc) is 3.85. The van der Waals surface area contributed by atoms with E-state index >= 15 is 0 Å². The van der Waals surface area contributed by atoms with Crippen LogP contribution in [-0.4, -0.2) is 11.5 Å². The molecule has 0 radical (unpaired) electrons. The van der Waals surface area contributed by atoms with Gasteiger partial charge in [0.05, 0.1) is 5.70 Å². The maximum absolute atomic E-state index is 6.47. The second-order valence-electron chi connectivity index (χ2n) is 14.2. The van der Waals surface area contributed by atoms with Crippen LogP contribution < -0.4 is 0 Å². The fraction of sp³-hybridized carbons (Fsp3) is 0.0189. The summed E-state index contributed by atoms with van der Waals surface area (Å²) in [6.45, 7) is 6.61. The number of aliphatic imine (C=N–C) groups is 2. The molecule has 0 spiro atoms. The number of hydrogen-bond donors (Lipinski definition) is 0. The quantitative estimate of drug-likeness (QED) is 0.121. The first-order valence-corrected chi connectivity index (χ1v) is 19.1. The summed E-state index contributed by atoms with van der Waals surface area (Å²) in [5.74, 6) is 0.539. The number of furan rings is 2. The van der Waals surface area contributed by atoms with Crippen LogP contribution in [0, 0.1) is 0 Å². The van der Waals surface area contributed by atoms with Gasteiger partial charge in [0, 0.05) is 43.9 Å². The van der Waals surface area contributed by atoms with Crippen LogP contribution in [0.15, 0.2) is 213 Å². The van der Waals surface area contributed by atoms with E-state index in [1.54, 1.807) is 0 Å². The van der Waals surface area contributed by atoms with E-state index in [-0.39, 0.29) is 0 Å². The van der Waals surface area contributed by atoms with E-state index < -0.39 is 0 Å². The van der Waals surface area contributed by atoms with E-state index in [1.165, 1.54) is 0 Å². The summed E-state index contributed by atoms with van der Waals surface area (Å²) in [4.78, 5) is 10.8. The smallest absolute Gasteiger partial charge is 0.160 e. The van der Waals surface area contributed by atoms with E-state index in [0.717, 1.165) is 99.7 Å². The van der Waals surface area contributed by atoms with Crippen LogP contribution >= 0.6 is 0 Å². The highest BCUT2D eigenvalue weighted by atomic mass is 16.3. The topological polar surface area (TPSA) is 51.0 Å². The lowest BCUT2D eigenvalue weighted by molar-refractivity contribution is 0.667. The van der Waals surface area contributed by atoms with Gasteiger partial charge in [0.1, 0.15) is 22.3 Å². The van der Waals surface area contributed by atoms with Gasteiger partial charge in [-0.25, -0.2) is 9.98 Å². The van der Waals surface area contributed by atoms with Gasteiger partial charge in [-0.2, -0.15) is 0 Å². The maximum Gasteiger partial charge on any atom is 0.160 e. The molecule has 0 saturated carbocycles. The number of fused-ring (bicyclic) bond motifs is 6. The lowest BCUT2D eigenvalue weighted by atomic mass is 9.86. The Balaban J connectivity index is 1.27. The number of amidine groups is 1. The molecular weight excluding hydrogens is 697 g/mol. The van der Waals surface area contributed by atoms with Gasteiger partial charge in [-0.05, 0) is 82.8 Å². The summed E-state index contributed by atoms with van der Waals surface area (Å²) < 4.78 is 12.9. The lowest BCUT2D eigenvalue weighted by Crippen LogP contribution is -2.07. The van der Waals surface area contributed by atoms with Crippen LogP contribution in [0.1, 0.15) is 23.6 Å². The Bertz CT molecular complexity index is 3190. The van der Waals surface area contributed by atoms with Crippen molar-refractivity contribution in [3.63, 3.8) is 0 Å². The Morgan fingerprint density at radius 3 is 1.77 bits per heavy atom. The Morgan fingerprint density at radius 1 is 0.439 bits per heavy atom. The first-order chi connectivity index (χ1) is 28.1. The monoisotopic (exact) mass is 732 g/mol. The van der Waals surface area contributed by atoms with Crippen LogP contribution in [0.4, 0.5) is 0 Å². The summed E-state index contributed by atoms with van der Waals surface area (Å²) in [6, 6.07) is 64.7. The molecule has 0 saturated heterocycles. The number of rotatable bonds is 7. The summed E-state index contributed by atoms with van der Waals surface area (Å²) in [5, 5.41) is 4.25. The van der Waals surface area contributed by atoms with Crippen molar-refractivity contribution in [2.75, 3.05) is 0 Å². The highest BCUT2D eigenvalue weighted by molar-refractivity contribution is 6.18. The SMILES string of the molecule is C=C(/N=C(\N=C(/C)c1ccccc1)c1cc(-c2ccccc2)cc(-c2ccc3c(c2)oc2ccccc23)c1-c1ccccc1)c1cccc2c1oc1ccccc12. The van der Waals surface area contributed by atoms with Crippen molar-refractivity contribution in [3.8, 4) is 33.4 Å². The molecule has 0 bridgehead atoms. The molecule has 2 aromatic heterocycles. The normalized spacial score (nSPS) is 12.2. The van der Waals surface area contributed by atoms with E-state index in [4.69, 9.17) is 18.8 Å². The third kappa shape index (κ3) is 6.24. The number of benzene rings is 8. The van der Waals surface area contributed by atoms with Crippen LogP contribution in [0.2, 0.25) is 0 Å². The highest BCUT2D eigenvalue weighted by Gasteiger charge is 2.22. The molecule has 0 atom stereocenters. The number of nitrogens with zero attached hydrogens (tertiary/aromatic N) is 2. The van der Waals surface area contributed by atoms with Gasteiger partial charge < -0.3 is 8.83 Å². The maximum atomic E-state index is 6.47. The predicted molar refractivity (Wildman–Crippen MR) is 238 cm³/mol. The average molecular weight is 733 g/mol. The zero-order valence-electron chi connectivity index (χ0n) is 31.3. The molecule has 2 heterocycles. The molecule has 10 aromatic rings. The molecule has 0 aliphatic heterocycles. The fourth-order valence-corrected chi connectivity index (χ4v) is 7.86. The van der Waals surface area contributed by atoms with Crippen molar-refractivity contribution in [3.05, 3.63) is 211 Å². The van der Waals surface area contributed by atoms with Crippen molar-refractivity contribution in [1.82, 2.24) is 0 Å². The summed E-state index contributed by atoms with van der Waals surface area (Å²) in [5.41, 5.74) is 13.6. The molecule has 0 amide bonds. The second kappa shape index (κ2) is 14.3. The minimum Gasteiger partial charge on any atom is -0.456 e. The molecule has 0 aliphatic rings. The summed E-state index contributed by atoms with van der Waals surface area (Å²) in [6.07, 6.45) is 0. The lowest BCUT2D eigenvalue weighted by Gasteiger charge is -2.19. The van der Waals surface area contributed by atoms with Gasteiger partial charge in [-0.3, -0.25) is 0 Å². The van der Waals surface area contributed by atoms with Gasteiger partial charge >= 0.3 is 0 Å². The zero-order chi connectivity index (χ0) is 38.3. The molecule has 0 fully saturated rings. The molecule has 0 N–H and O–H groups in total. The Labute approximate surface area is 330 Å². The van der Waals surface area contributed by atoms with E-state index in [0.29, 0.717) is 11.5 Å². The number of para-hydroxylation sites is 3. The summed E-state index contributed by atoms with van der Waals surface area (Å²) in [7, 11) is 0. The molecule has 10 rings (SSSR count). The third-order valence-corrected chi connectivity index (χ3v) is 10.7. The van der Waals surface area contributed by atoms with Crippen molar-refractivity contribution in [2.24, 2.45) is 9.98 Å². The highest BCUT2D eigenvalue weighted by Crippen LogP contribution is 2.42. The van der Waals surface area contributed by atoms with Crippen LogP contribution in [0.3, 0.4) is 0 Å². The van der Waals surface area contributed by atoms with Gasteiger partial charge in [0.2, 0.25) is 0 Å². The molecule has 0 unspecified atom stereocenters. The Kier molecular flexibility index (Phi) is 8.50. The van der Waals surface area contributed by atoms with Crippen molar-refractivity contribution >= 4 is 61.1 Å². The fourth-order valence-electron chi connectivity index (χ4n) is 7.86. The first-order valence-electron chi connectivity index (χ1n) is 19.1. The van der Waals surface area contributed by atoms with Gasteiger partial charge in [0.15, 0.2) is 5.84 Å². The first kappa shape index (κ1) is 34.0. The molecule has 8 aromatic carbocycles. The van der Waals surface area contributed by atoms with E-state index in [2.05, 4.69) is 122 Å². The van der Waals surface area contributed by atoms with Crippen LogP contribution in [0.5, 0.6) is 0 Å². The predicted octanol–water partition coefficient (Wildman–Crippen LogP) is 14.4. The van der Waals surface area contributed by atoms with Gasteiger partial charge in [-0.1, -0.05) is 152 Å². The largest absolute Gasteiger partial charge is 0.456 e. The van der Waals surface area contributed by atoms with E-state index in [1.807, 2.05) is 79.7 Å². The molecule has 57 heavy (non-hydrogen) atoms. The van der Waals surface area contributed by atoms with Gasteiger partial charge in [0.25, 0.3) is 0 Å². The molecule has 4 heteroatoms. The van der Waals surface area contributed by atoms with Crippen molar-refractivity contribution < 1.29 is 8.83 Å². The summed E-state index contributed by atoms with van der Waals surface area (Å²) >= 11 is 0. The Hall–Kier alpha value is -7.56. The van der Waals surface area contributed by atoms with Crippen LogP contribution in [0.25, 0.3) is 83.0 Å².